The van der Waals surface area contributed by atoms with Crippen molar-refractivity contribution in [1.29, 1.82) is 0 Å². The zero-order chi connectivity index (χ0) is 12.1. The molecule has 15 heavy (non-hydrogen) atoms. The third-order valence-electron chi connectivity index (χ3n) is 1.65. The van der Waals surface area contributed by atoms with Crippen molar-refractivity contribution in [2.75, 3.05) is 6.54 Å². The molecule has 0 aromatic carbocycles. The van der Waals surface area contributed by atoms with Gasteiger partial charge in [0.2, 0.25) is 0 Å². The summed E-state index contributed by atoms with van der Waals surface area (Å²) in [6.07, 6.45) is 6.70. The van der Waals surface area contributed by atoms with Crippen LogP contribution in [0.4, 0.5) is 0 Å². The number of nitrogens with one attached hydrogen (secondary N) is 1. The van der Waals surface area contributed by atoms with Gasteiger partial charge in [-0.05, 0) is 25.3 Å². The minimum Gasteiger partial charge on any atom is -0.506 e. The summed E-state index contributed by atoms with van der Waals surface area (Å²) in [6, 6.07) is 0. The first-order valence-corrected chi connectivity index (χ1v) is 6.09. The van der Waals surface area contributed by atoms with Crippen LogP contribution >= 0.6 is 0 Å². The first-order valence-electron chi connectivity index (χ1n) is 6.09. The maximum absolute atomic E-state index is 9.60. The molecule has 0 aliphatic carbocycles. The van der Waals surface area contributed by atoms with E-state index < -0.39 is 0 Å². The zero-order valence-electron chi connectivity index (χ0n) is 10.9. The van der Waals surface area contributed by atoms with Crippen molar-refractivity contribution >= 4 is 0 Å². The molecule has 90 valence electrons. The third kappa shape index (κ3) is 9.39. The number of hydrogen-bond donors (Lipinski definition) is 2. The predicted molar refractivity (Wildman–Crippen MR) is 69.0 cm³/mol. The minimum atomic E-state index is 0.373. The van der Waals surface area contributed by atoms with E-state index in [4.69, 9.17) is 0 Å². The fourth-order valence-corrected chi connectivity index (χ4v) is 1.03. The smallest absolute Gasteiger partial charge is 0.134 e. The second-order valence-electron chi connectivity index (χ2n) is 2.95. The van der Waals surface area contributed by atoms with Gasteiger partial charge in [-0.1, -0.05) is 40.7 Å². The molecule has 0 saturated heterocycles. The van der Waals surface area contributed by atoms with Crippen LogP contribution in [0.25, 0.3) is 0 Å². The third-order valence-corrected chi connectivity index (χ3v) is 1.65. The molecular formula is C13H27NO. The minimum absolute atomic E-state index is 0.373. The lowest BCUT2D eigenvalue weighted by Gasteiger charge is -2.08. The van der Waals surface area contributed by atoms with E-state index in [9.17, 15) is 5.11 Å². The summed E-state index contributed by atoms with van der Waals surface area (Å²) in [5, 5.41) is 12.8. The van der Waals surface area contributed by atoms with E-state index in [2.05, 4.69) is 19.2 Å². The molecule has 2 heteroatoms. The standard InChI is InChI=1S/C11H21NO.C2H6/c1-4-7-10(12-9-6-3)11(13)8-5-2;1-2/h7-8,12-13H,4-6,9H2,1-3H3;1-2H3/b10-7+,11-8+;. The second kappa shape index (κ2) is 13.1. The highest BCUT2D eigenvalue weighted by atomic mass is 16.3. The summed E-state index contributed by atoms with van der Waals surface area (Å²) in [5.74, 6) is 0.373. The maximum atomic E-state index is 9.60. The Morgan fingerprint density at radius 1 is 1.07 bits per heavy atom. The van der Waals surface area contributed by atoms with Gasteiger partial charge in [0.1, 0.15) is 5.76 Å². The maximum Gasteiger partial charge on any atom is 0.134 e. The molecule has 0 unspecified atom stereocenters. The van der Waals surface area contributed by atoms with Gasteiger partial charge in [0.15, 0.2) is 0 Å². The lowest BCUT2D eigenvalue weighted by atomic mass is 10.2. The van der Waals surface area contributed by atoms with Crippen LogP contribution in [0, 0.1) is 0 Å². The van der Waals surface area contributed by atoms with Gasteiger partial charge in [0.05, 0.1) is 5.70 Å². The molecule has 0 aromatic heterocycles. The monoisotopic (exact) mass is 213 g/mol. The van der Waals surface area contributed by atoms with E-state index in [1.165, 1.54) is 0 Å². The molecule has 0 amide bonds. The lowest BCUT2D eigenvalue weighted by molar-refractivity contribution is 0.410. The summed E-state index contributed by atoms with van der Waals surface area (Å²) in [5.41, 5.74) is 0.867. The quantitative estimate of drug-likeness (QED) is 0.513. The molecule has 0 saturated carbocycles. The first kappa shape index (κ1) is 16.5. The van der Waals surface area contributed by atoms with Gasteiger partial charge >= 0.3 is 0 Å². The first-order chi connectivity index (χ1) is 7.26. The Morgan fingerprint density at radius 3 is 2.00 bits per heavy atom. The molecular weight excluding hydrogens is 186 g/mol. The van der Waals surface area contributed by atoms with Crippen molar-refractivity contribution in [2.45, 2.75) is 53.9 Å². The highest BCUT2D eigenvalue weighted by Crippen LogP contribution is 2.05. The van der Waals surface area contributed by atoms with Gasteiger partial charge < -0.3 is 10.4 Å². The molecule has 0 fully saturated rings. The fourth-order valence-electron chi connectivity index (χ4n) is 1.03. The Bertz CT molecular complexity index is 183. The van der Waals surface area contributed by atoms with Crippen molar-refractivity contribution in [3.05, 3.63) is 23.6 Å². The average molecular weight is 213 g/mol. The molecule has 0 rings (SSSR count). The van der Waals surface area contributed by atoms with Crippen LogP contribution in [0.1, 0.15) is 53.9 Å². The summed E-state index contributed by atoms with van der Waals surface area (Å²) in [4.78, 5) is 0. The fraction of sp³-hybridized carbons (Fsp3) is 0.692. The highest BCUT2D eigenvalue weighted by Gasteiger charge is 1.99. The van der Waals surface area contributed by atoms with Gasteiger partial charge in [0, 0.05) is 6.54 Å². The number of aliphatic hydroxyl groups excluding tert-OH is 1. The normalized spacial score (nSPS) is 11.8. The Hall–Kier alpha value is -0.920. The van der Waals surface area contributed by atoms with Crippen LogP contribution in [0.2, 0.25) is 0 Å². The van der Waals surface area contributed by atoms with Crippen LogP contribution in [0.3, 0.4) is 0 Å². The van der Waals surface area contributed by atoms with Crippen molar-refractivity contribution in [2.24, 2.45) is 0 Å². The number of aliphatic hydroxyl groups is 1. The summed E-state index contributed by atoms with van der Waals surface area (Å²) >= 11 is 0. The van der Waals surface area contributed by atoms with Crippen molar-refractivity contribution in [3.8, 4) is 0 Å². The summed E-state index contributed by atoms with van der Waals surface area (Å²) in [6.45, 7) is 11.1. The van der Waals surface area contributed by atoms with Crippen LogP contribution in [0.5, 0.6) is 0 Å². The topological polar surface area (TPSA) is 32.3 Å². The van der Waals surface area contributed by atoms with Crippen LogP contribution in [-0.4, -0.2) is 11.7 Å². The van der Waals surface area contributed by atoms with Crippen LogP contribution < -0.4 is 5.32 Å². The van der Waals surface area contributed by atoms with Gasteiger partial charge in [0.25, 0.3) is 0 Å². The van der Waals surface area contributed by atoms with Gasteiger partial charge in [-0.2, -0.15) is 0 Å². The van der Waals surface area contributed by atoms with E-state index in [0.717, 1.165) is 31.5 Å². The Kier molecular flexibility index (Phi) is 14.4. The Morgan fingerprint density at radius 2 is 1.60 bits per heavy atom. The van der Waals surface area contributed by atoms with Gasteiger partial charge in [-0.25, -0.2) is 0 Å². The molecule has 0 aliphatic rings. The molecule has 2 nitrogen and oxygen atoms in total. The van der Waals surface area contributed by atoms with Crippen molar-refractivity contribution in [3.63, 3.8) is 0 Å². The molecule has 0 atom stereocenters. The Labute approximate surface area is 95.1 Å². The number of rotatable bonds is 6. The van der Waals surface area contributed by atoms with E-state index >= 15 is 0 Å². The largest absolute Gasteiger partial charge is 0.506 e. The summed E-state index contributed by atoms with van der Waals surface area (Å²) < 4.78 is 0. The lowest BCUT2D eigenvalue weighted by Crippen LogP contribution is -2.15. The molecule has 0 aromatic rings. The van der Waals surface area contributed by atoms with E-state index in [1.807, 2.05) is 32.9 Å². The summed E-state index contributed by atoms with van der Waals surface area (Å²) in [7, 11) is 0. The van der Waals surface area contributed by atoms with Crippen molar-refractivity contribution in [1.82, 2.24) is 5.32 Å². The van der Waals surface area contributed by atoms with E-state index in [-0.39, 0.29) is 0 Å². The molecule has 0 heterocycles. The van der Waals surface area contributed by atoms with Gasteiger partial charge in [-0.3, -0.25) is 0 Å². The van der Waals surface area contributed by atoms with E-state index in [1.54, 1.807) is 0 Å². The molecule has 2 N–H and O–H groups in total. The van der Waals surface area contributed by atoms with E-state index in [0.29, 0.717) is 5.76 Å². The molecule has 0 radical (unpaired) electrons. The van der Waals surface area contributed by atoms with Gasteiger partial charge in [-0.15, -0.1) is 0 Å². The zero-order valence-corrected chi connectivity index (χ0v) is 10.9. The molecule has 0 bridgehead atoms. The van der Waals surface area contributed by atoms with Crippen LogP contribution in [0.15, 0.2) is 23.6 Å². The number of allylic oxidation sites excluding steroid dienone is 2. The van der Waals surface area contributed by atoms with Crippen LogP contribution in [-0.2, 0) is 0 Å². The highest BCUT2D eigenvalue weighted by molar-refractivity contribution is 5.22. The molecule has 0 aliphatic heterocycles. The van der Waals surface area contributed by atoms with Crippen molar-refractivity contribution < 1.29 is 5.11 Å². The SMILES string of the molecule is CC.CC/C=C(O)\C(=C/CC)NCCC. The second-order valence-corrected chi connectivity index (χ2v) is 2.95. The number of hydrogen-bond acceptors (Lipinski definition) is 2. The predicted octanol–water partition coefficient (Wildman–Crippen LogP) is 4.16. The average Bonchev–Trinajstić information content (AvgIpc) is 2.27. The Balaban J connectivity index is 0. The molecule has 0 spiro atoms.